The number of benzene rings is 2. The standard InChI is InChI=1S/C25H26F6N2O3/c1-16(17-11-19(24(26,27)28)13-20(12-17)25(29,30)31)36-15-23(18-5-3-2-4-6-18)8-7-22(14-32-23)9-10-35-21(34)33-22/h2-6,11-13,16,32H,7-10,14-15H2,1H3,(H,33,34)/t16-,22+,23-/m1/s1. The van der Waals surface area contributed by atoms with Gasteiger partial charge in [0.05, 0.1) is 41.5 Å². The third-order valence-electron chi connectivity index (χ3n) is 6.96. The third-order valence-corrected chi connectivity index (χ3v) is 6.96. The molecule has 2 aromatic carbocycles. The van der Waals surface area contributed by atoms with Crippen molar-refractivity contribution in [3.63, 3.8) is 0 Å². The van der Waals surface area contributed by atoms with Gasteiger partial charge in [0.15, 0.2) is 0 Å². The number of hydrogen-bond donors (Lipinski definition) is 2. The molecule has 196 valence electrons. The molecule has 36 heavy (non-hydrogen) atoms. The van der Waals surface area contributed by atoms with E-state index < -0.39 is 46.8 Å². The number of rotatable bonds is 5. The van der Waals surface area contributed by atoms with Gasteiger partial charge in [-0.15, -0.1) is 0 Å². The van der Waals surface area contributed by atoms with Crippen molar-refractivity contribution in [2.24, 2.45) is 0 Å². The van der Waals surface area contributed by atoms with Gasteiger partial charge in [0.1, 0.15) is 0 Å². The lowest BCUT2D eigenvalue weighted by atomic mass is 9.75. The molecule has 2 heterocycles. The van der Waals surface area contributed by atoms with Crippen LogP contribution in [0.5, 0.6) is 0 Å². The zero-order chi connectivity index (χ0) is 26.2. The maximum absolute atomic E-state index is 13.3. The third kappa shape index (κ3) is 5.62. The summed E-state index contributed by atoms with van der Waals surface area (Å²) in [6.45, 7) is 2.11. The second-order valence-corrected chi connectivity index (χ2v) is 9.39. The van der Waals surface area contributed by atoms with Crippen molar-refractivity contribution in [3.8, 4) is 0 Å². The van der Waals surface area contributed by atoms with Crippen LogP contribution in [0.4, 0.5) is 31.1 Å². The van der Waals surface area contributed by atoms with E-state index in [0.29, 0.717) is 37.9 Å². The first-order valence-corrected chi connectivity index (χ1v) is 11.5. The highest BCUT2D eigenvalue weighted by molar-refractivity contribution is 5.69. The number of alkyl carbamates (subject to hydrolysis) is 1. The summed E-state index contributed by atoms with van der Waals surface area (Å²) < 4.78 is 90.7. The summed E-state index contributed by atoms with van der Waals surface area (Å²) in [4.78, 5) is 11.8. The predicted octanol–water partition coefficient (Wildman–Crippen LogP) is 5.95. The molecule has 1 amide bonds. The number of amides is 1. The maximum atomic E-state index is 13.3. The second-order valence-electron chi connectivity index (χ2n) is 9.39. The summed E-state index contributed by atoms with van der Waals surface area (Å²) in [6.07, 6.45) is -9.70. The Balaban J connectivity index is 1.57. The quantitative estimate of drug-likeness (QED) is 0.483. The lowest BCUT2D eigenvalue weighted by Crippen LogP contribution is -2.66. The van der Waals surface area contributed by atoms with Crippen molar-refractivity contribution in [3.05, 3.63) is 70.8 Å². The normalized spacial score (nSPS) is 25.8. The molecule has 2 aliphatic heterocycles. The Bertz CT molecular complexity index is 1050. The van der Waals surface area contributed by atoms with Crippen LogP contribution in [0.15, 0.2) is 48.5 Å². The van der Waals surface area contributed by atoms with Crippen LogP contribution >= 0.6 is 0 Å². The molecule has 0 unspecified atom stereocenters. The number of nitrogens with one attached hydrogen (secondary N) is 2. The predicted molar refractivity (Wildman–Crippen MR) is 118 cm³/mol. The molecule has 2 aliphatic rings. The minimum atomic E-state index is -4.94. The molecule has 1 spiro atoms. The van der Waals surface area contributed by atoms with Gasteiger partial charge in [0, 0.05) is 13.0 Å². The average molecular weight is 516 g/mol. The smallest absolute Gasteiger partial charge is 0.416 e. The van der Waals surface area contributed by atoms with Gasteiger partial charge in [-0.3, -0.25) is 0 Å². The van der Waals surface area contributed by atoms with E-state index in [-0.39, 0.29) is 24.8 Å². The Kier molecular flexibility index (Phi) is 7.00. The van der Waals surface area contributed by atoms with Crippen molar-refractivity contribution in [1.82, 2.24) is 10.6 Å². The number of carbonyl (C=O) groups excluding carboxylic acids is 1. The van der Waals surface area contributed by atoms with Gasteiger partial charge in [-0.25, -0.2) is 4.79 Å². The maximum Gasteiger partial charge on any atom is 0.416 e. The number of piperidine rings is 1. The zero-order valence-electron chi connectivity index (χ0n) is 19.4. The Morgan fingerprint density at radius 2 is 1.61 bits per heavy atom. The van der Waals surface area contributed by atoms with Crippen LogP contribution in [0, 0.1) is 0 Å². The molecule has 4 rings (SSSR count). The highest BCUT2D eigenvalue weighted by Gasteiger charge is 2.46. The topological polar surface area (TPSA) is 59.6 Å². The highest BCUT2D eigenvalue weighted by atomic mass is 19.4. The molecule has 2 N–H and O–H groups in total. The lowest BCUT2D eigenvalue weighted by molar-refractivity contribution is -0.143. The summed E-state index contributed by atoms with van der Waals surface area (Å²) in [5, 5.41) is 6.33. The second kappa shape index (κ2) is 9.59. The minimum absolute atomic E-state index is 0.00367. The summed E-state index contributed by atoms with van der Waals surface area (Å²) >= 11 is 0. The molecule has 2 aromatic rings. The fraction of sp³-hybridized carbons (Fsp3) is 0.480. The van der Waals surface area contributed by atoms with Crippen molar-refractivity contribution >= 4 is 6.09 Å². The Hall–Kier alpha value is -2.79. The van der Waals surface area contributed by atoms with Gasteiger partial charge in [-0.05, 0) is 49.1 Å². The minimum Gasteiger partial charge on any atom is -0.449 e. The van der Waals surface area contributed by atoms with E-state index in [1.54, 1.807) is 0 Å². The number of carbonyl (C=O) groups is 1. The summed E-state index contributed by atoms with van der Waals surface area (Å²) in [7, 11) is 0. The molecule has 0 bridgehead atoms. The van der Waals surface area contributed by atoms with Crippen LogP contribution in [0.3, 0.4) is 0 Å². The monoisotopic (exact) mass is 516 g/mol. The van der Waals surface area contributed by atoms with Crippen LogP contribution < -0.4 is 10.6 Å². The fourth-order valence-corrected chi connectivity index (χ4v) is 4.73. The van der Waals surface area contributed by atoms with Crippen molar-refractivity contribution in [2.45, 2.75) is 55.7 Å². The summed E-state index contributed by atoms with van der Waals surface area (Å²) in [6, 6.07) is 10.8. The molecule has 5 nitrogen and oxygen atoms in total. The number of cyclic esters (lactones) is 1. The van der Waals surface area contributed by atoms with Gasteiger partial charge in [-0.2, -0.15) is 26.3 Å². The molecule has 11 heteroatoms. The Labute approximate surface area is 204 Å². The van der Waals surface area contributed by atoms with Gasteiger partial charge < -0.3 is 20.1 Å². The molecule has 3 atom stereocenters. The first kappa shape index (κ1) is 26.3. The molecule has 0 saturated carbocycles. The number of ether oxygens (including phenoxy) is 2. The summed E-state index contributed by atoms with van der Waals surface area (Å²) in [5.41, 5.74) is -3.36. The van der Waals surface area contributed by atoms with Crippen LogP contribution in [0.2, 0.25) is 0 Å². The average Bonchev–Trinajstić information content (AvgIpc) is 2.83. The van der Waals surface area contributed by atoms with Gasteiger partial charge >= 0.3 is 18.4 Å². The van der Waals surface area contributed by atoms with Crippen molar-refractivity contribution in [1.29, 1.82) is 0 Å². The Morgan fingerprint density at radius 3 is 2.14 bits per heavy atom. The van der Waals surface area contributed by atoms with Crippen LogP contribution in [-0.2, 0) is 27.4 Å². The molecule has 0 aromatic heterocycles. The van der Waals surface area contributed by atoms with E-state index in [4.69, 9.17) is 9.47 Å². The van der Waals surface area contributed by atoms with Gasteiger partial charge in [-0.1, -0.05) is 30.3 Å². The molecule has 0 radical (unpaired) electrons. The summed E-state index contributed by atoms with van der Waals surface area (Å²) in [5.74, 6) is 0. The van der Waals surface area contributed by atoms with Crippen LogP contribution in [0.25, 0.3) is 0 Å². The largest absolute Gasteiger partial charge is 0.449 e. The van der Waals surface area contributed by atoms with E-state index in [1.165, 1.54) is 6.92 Å². The first-order chi connectivity index (χ1) is 16.8. The molecular formula is C25H26F6N2O3. The van der Waals surface area contributed by atoms with E-state index in [0.717, 1.165) is 5.56 Å². The van der Waals surface area contributed by atoms with Crippen LogP contribution in [-0.4, -0.2) is 31.4 Å². The van der Waals surface area contributed by atoms with E-state index >= 15 is 0 Å². The van der Waals surface area contributed by atoms with Gasteiger partial charge in [0.25, 0.3) is 0 Å². The van der Waals surface area contributed by atoms with Crippen molar-refractivity contribution < 1.29 is 40.6 Å². The van der Waals surface area contributed by atoms with Crippen LogP contribution in [0.1, 0.15) is 54.5 Å². The van der Waals surface area contributed by atoms with Gasteiger partial charge in [0.2, 0.25) is 0 Å². The molecular weight excluding hydrogens is 490 g/mol. The van der Waals surface area contributed by atoms with E-state index in [2.05, 4.69) is 10.6 Å². The van der Waals surface area contributed by atoms with E-state index in [1.807, 2.05) is 30.3 Å². The highest BCUT2D eigenvalue weighted by Crippen LogP contribution is 2.40. The SMILES string of the molecule is C[C@@H](OC[C@@]1(c2ccccc2)CC[C@]2(CCOC(=O)N2)CN1)c1cc(C(F)(F)F)cc(C(F)(F)F)c1. The fourth-order valence-electron chi connectivity index (χ4n) is 4.73. The van der Waals surface area contributed by atoms with Crippen molar-refractivity contribution in [2.75, 3.05) is 19.8 Å². The molecule has 2 fully saturated rings. The molecule has 0 aliphatic carbocycles. The first-order valence-electron chi connectivity index (χ1n) is 11.5. The Morgan fingerprint density at radius 1 is 0.972 bits per heavy atom. The number of alkyl halides is 6. The number of hydrogen-bond acceptors (Lipinski definition) is 4. The van der Waals surface area contributed by atoms with E-state index in [9.17, 15) is 31.1 Å². The number of halogens is 6. The molecule has 2 saturated heterocycles. The zero-order valence-corrected chi connectivity index (χ0v) is 19.4. The lowest BCUT2D eigenvalue weighted by Gasteiger charge is -2.49.